The number of benzene rings is 2. The first-order valence-electron chi connectivity index (χ1n) is 8.68. The molecule has 4 aromatic rings. The third kappa shape index (κ3) is 4.05. The van der Waals surface area contributed by atoms with Crippen LogP contribution in [-0.4, -0.2) is 26.8 Å². The quantitative estimate of drug-likeness (QED) is 0.442. The van der Waals surface area contributed by atoms with Crippen molar-refractivity contribution in [3.05, 3.63) is 65.3 Å². The number of nitrogens with zero attached hydrogens (tertiary/aromatic N) is 2. The predicted octanol–water partition coefficient (Wildman–Crippen LogP) is 4.84. The van der Waals surface area contributed by atoms with Crippen molar-refractivity contribution in [2.24, 2.45) is 0 Å². The number of nitrogens with one attached hydrogen (secondary N) is 2. The van der Waals surface area contributed by atoms with Gasteiger partial charge in [0.15, 0.2) is 0 Å². The minimum absolute atomic E-state index is 0.121. The molecule has 0 aliphatic rings. The molecule has 0 unspecified atom stereocenters. The molecule has 0 saturated heterocycles. The van der Waals surface area contributed by atoms with Crippen molar-refractivity contribution in [3.8, 4) is 11.5 Å². The molecule has 4 rings (SSSR count). The second kappa shape index (κ2) is 8.08. The highest BCUT2D eigenvalue weighted by molar-refractivity contribution is 7.99. The topological polar surface area (TPSA) is 83.8 Å². The molecule has 28 heavy (non-hydrogen) atoms. The van der Waals surface area contributed by atoms with Crippen molar-refractivity contribution in [2.75, 3.05) is 5.75 Å². The van der Waals surface area contributed by atoms with E-state index in [-0.39, 0.29) is 17.7 Å². The van der Waals surface area contributed by atoms with E-state index in [1.807, 2.05) is 55.6 Å². The first kappa shape index (κ1) is 18.6. The second-order valence-electron chi connectivity index (χ2n) is 6.25. The summed E-state index contributed by atoms with van der Waals surface area (Å²) in [5, 5.41) is 13.1. The van der Waals surface area contributed by atoms with Crippen molar-refractivity contribution in [1.29, 1.82) is 0 Å². The highest BCUT2D eigenvalue weighted by Gasteiger charge is 2.15. The Morgan fingerprint density at radius 1 is 1.25 bits per heavy atom. The van der Waals surface area contributed by atoms with Gasteiger partial charge >= 0.3 is 0 Å². The van der Waals surface area contributed by atoms with Crippen LogP contribution in [0, 0.1) is 0 Å². The van der Waals surface area contributed by atoms with E-state index in [9.17, 15) is 4.79 Å². The van der Waals surface area contributed by atoms with Crippen LogP contribution in [-0.2, 0) is 4.79 Å². The Bertz CT molecular complexity index is 1120. The number of carbonyl (C=O) groups is 1. The molecule has 0 spiro atoms. The van der Waals surface area contributed by atoms with Crippen LogP contribution in [0.5, 0.6) is 0 Å². The second-order valence-corrected chi connectivity index (χ2v) is 7.62. The molecule has 1 amide bonds. The van der Waals surface area contributed by atoms with E-state index in [0.717, 1.165) is 22.0 Å². The largest absolute Gasteiger partial charge is 0.411 e. The molecule has 0 bridgehead atoms. The van der Waals surface area contributed by atoms with Crippen LogP contribution in [0.15, 0.2) is 64.4 Å². The Kier molecular flexibility index (Phi) is 5.36. The molecular formula is C20H17ClN4O2S. The van der Waals surface area contributed by atoms with E-state index in [4.69, 9.17) is 16.0 Å². The predicted molar refractivity (Wildman–Crippen MR) is 110 cm³/mol. The van der Waals surface area contributed by atoms with Crippen molar-refractivity contribution in [3.63, 3.8) is 0 Å². The zero-order chi connectivity index (χ0) is 19.5. The average Bonchev–Trinajstić information content (AvgIpc) is 3.33. The summed E-state index contributed by atoms with van der Waals surface area (Å²) in [6, 6.07) is 15.2. The lowest BCUT2D eigenvalue weighted by molar-refractivity contribution is -0.119. The first-order valence-corrected chi connectivity index (χ1v) is 10.0. The van der Waals surface area contributed by atoms with Crippen molar-refractivity contribution >= 4 is 40.2 Å². The number of rotatable bonds is 6. The fourth-order valence-electron chi connectivity index (χ4n) is 2.90. The van der Waals surface area contributed by atoms with E-state index in [2.05, 4.69) is 20.5 Å². The number of hydrogen-bond donors (Lipinski definition) is 2. The summed E-state index contributed by atoms with van der Waals surface area (Å²) in [5.41, 5.74) is 2.79. The number of halogens is 1. The minimum atomic E-state index is -0.142. The molecule has 0 fully saturated rings. The molecule has 2 N–H and O–H groups in total. The summed E-state index contributed by atoms with van der Waals surface area (Å²) in [7, 11) is 0. The molecule has 2 aromatic carbocycles. The third-order valence-corrected chi connectivity index (χ3v) is 5.33. The maximum Gasteiger partial charge on any atom is 0.277 e. The SMILES string of the molecule is C[C@H](NC(=O)CSc1nnc(-c2c[nH]c3ccccc23)o1)c1cccc(Cl)c1. The number of thioether (sulfide) groups is 1. The fourth-order valence-corrected chi connectivity index (χ4v) is 3.67. The van der Waals surface area contributed by atoms with Crippen LogP contribution >= 0.6 is 23.4 Å². The van der Waals surface area contributed by atoms with Gasteiger partial charge in [-0.2, -0.15) is 0 Å². The van der Waals surface area contributed by atoms with E-state index < -0.39 is 0 Å². The maximum atomic E-state index is 12.2. The van der Waals surface area contributed by atoms with Crippen molar-refractivity contribution < 1.29 is 9.21 Å². The Hall–Kier alpha value is -2.77. The Labute approximate surface area is 170 Å². The maximum absolute atomic E-state index is 12.2. The van der Waals surface area contributed by atoms with E-state index >= 15 is 0 Å². The van der Waals surface area contributed by atoms with Gasteiger partial charge in [0.05, 0.1) is 17.4 Å². The standard InChI is InChI=1S/C20H17ClN4O2S/c1-12(13-5-4-6-14(21)9-13)23-18(26)11-28-20-25-24-19(27-20)16-10-22-17-8-3-2-7-15(16)17/h2-10,12,22H,11H2,1H3,(H,23,26)/t12-/m0/s1. The van der Waals surface area contributed by atoms with Gasteiger partial charge in [0, 0.05) is 22.1 Å². The van der Waals surface area contributed by atoms with Gasteiger partial charge in [-0.3, -0.25) is 4.79 Å². The van der Waals surface area contributed by atoms with Gasteiger partial charge in [-0.15, -0.1) is 10.2 Å². The molecule has 1 atom stereocenters. The summed E-state index contributed by atoms with van der Waals surface area (Å²) in [5.74, 6) is 0.484. The van der Waals surface area contributed by atoms with Gasteiger partial charge in [0.2, 0.25) is 5.91 Å². The molecule has 8 heteroatoms. The molecule has 2 heterocycles. The number of amides is 1. The zero-order valence-corrected chi connectivity index (χ0v) is 16.6. The molecular weight excluding hydrogens is 396 g/mol. The summed E-state index contributed by atoms with van der Waals surface area (Å²) < 4.78 is 5.72. The van der Waals surface area contributed by atoms with Crippen molar-refractivity contribution in [1.82, 2.24) is 20.5 Å². The van der Waals surface area contributed by atoms with Crippen LogP contribution in [0.1, 0.15) is 18.5 Å². The number of hydrogen-bond acceptors (Lipinski definition) is 5. The van der Waals surface area contributed by atoms with Crippen LogP contribution in [0.2, 0.25) is 5.02 Å². The summed E-state index contributed by atoms with van der Waals surface area (Å²) in [6.07, 6.45) is 1.84. The molecule has 2 aromatic heterocycles. The number of fused-ring (bicyclic) bond motifs is 1. The van der Waals surface area contributed by atoms with E-state index in [1.54, 1.807) is 6.07 Å². The molecule has 0 saturated carbocycles. The Morgan fingerprint density at radius 2 is 2.11 bits per heavy atom. The number of para-hydroxylation sites is 1. The summed E-state index contributed by atoms with van der Waals surface area (Å²) in [4.78, 5) is 15.4. The van der Waals surface area contributed by atoms with Gasteiger partial charge in [-0.05, 0) is 30.7 Å². The number of aromatic amines is 1. The number of aromatic nitrogens is 3. The summed E-state index contributed by atoms with van der Waals surface area (Å²) in [6.45, 7) is 1.91. The van der Waals surface area contributed by atoms with Crippen LogP contribution in [0.25, 0.3) is 22.4 Å². The molecule has 0 aliphatic heterocycles. The van der Waals surface area contributed by atoms with Gasteiger partial charge in [0.25, 0.3) is 11.1 Å². The smallest absolute Gasteiger partial charge is 0.277 e. The Balaban J connectivity index is 1.37. The summed E-state index contributed by atoms with van der Waals surface area (Å²) >= 11 is 7.20. The lowest BCUT2D eigenvalue weighted by Crippen LogP contribution is -2.28. The first-order chi connectivity index (χ1) is 13.6. The number of H-pyrrole nitrogens is 1. The fraction of sp³-hybridized carbons (Fsp3) is 0.150. The van der Waals surface area contributed by atoms with Gasteiger partial charge in [-0.25, -0.2) is 0 Å². The van der Waals surface area contributed by atoms with Crippen LogP contribution in [0.4, 0.5) is 0 Å². The zero-order valence-electron chi connectivity index (χ0n) is 15.0. The highest BCUT2D eigenvalue weighted by Crippen LogP contribution is 2.29. The lowest BCUT2D eigenvalue weighted by atomic mass is 10.1. The molecule has 6 nitrogen and oxygen atoms in total. The van der Waals surface area contributed by atoms with E-state index in [0.29, 0.717) is 16.1 Å². The lowest BCUT2D eigenvalue weighted by Gasteiger charge is -2.14. The number of carbonyl (C=O) groups excluding carboxylic acids is 1. The molecule has 142 valence electrons. The minimum Gasteiger partial charge on any atom is -0.411 e. The van der Waals surface area contributed by atoms with Crippen LogP contribution < -0.4 is 5.32 Å². The third-order valence-electron chi connectivity index (χ3n) is 4.28. The van der Waals surface area contributed by atoms with Crippen LogP contribution in [0.3, 0.4) is 0 Å². The molecule has 0 radical (unpaired) electrons. The monoisotopic (exact) mass is 412 g/mol. The van der Waals surface area contributed by atoms with Gasteiger partial charge in [-0.1, -0.05) is 53.7 Å². The normalized spacial score (nSPS) is 12.2. The highest BCUT2D eigenvalue weighted by atomic mass is 35.5. The van der Waals surface area contributed by atoms with E-state index in [1.165, 1.54) is 11.8 Å². The van der Waals surface area contributed by atoms with Gasteiger partial charge < -0.3 is 14.7 Å². The molecule has 0 aliphatic carbocycles. The van der Waals surface area contributed by atoms with Gasteiger partial charge in [0.1, 0.15) is 0 Å². The van der Waals surface area contributed by atoms with Crippen molar-refractivity contribution in [2.45, 2.75) is 18.2 Å². The average molecular weight is 413 g/mol. The Morgan fingerprint density at radius 3 is 2.96 bits per heavy atom.